The summed E-state index contributed by atoms with van der Waals surface area (Å²) in [5.41, 5.74) is 4.32. The Labute approximate surface area is 102 Å². The molecule has 4 N–H and O–H groups in total. The van der Waals surface area contributed by atoms with Gasteiger partial charge in [-0.25, -0.2) is 4.79 Å². The molecule has 0 bridgehead atoms. The number of hydrogen-bond acceptors (Lipinski definition) is 3. The van der Waals surface area contributed by atoms with E-state index in [1.807, 2.05) is 34.6 Å². The number of thiocarbonyl (C=S) groups is 1. The lowest BCUT2D eigenvalue weighted by atomic mass is 10.1. The van der Waals surface area contributed by atoms with E-state index in [0.29, 0.717) is 6.54 Å². The van der Waals surface area contributed by atoms with E-state index >= 15 is 0 Å². The van der Waals surface area contributed by atoms with Crippen LogP contribution in [0.5, 0.6) is 0 Å². The first-order chi connectivity index (χ1) is 7.02. The molecule has 94 valence electrons. The van der Waals surface area contributed by atoms with Crippen LogP contribution in [0.4, 0.5) is 4.79 Å². The van der Waals surface area contributed by atoms with E-state index in [0.717, 1.165) is 0 Å². The maximum Gasteiger partial charge on any atom is 0.408 e. The number of nitrogens with two attached hydrogens (primary N) is 1. The van der Waals surface area contributed by atoms with Crippen LogP contribution in [0.2, 0.25) is 0 Å². The number of nitrogens with one attached hydrogen (secondary N) is 2. The molecule has 0 unspecified atom stereocenters. The Hall–Kier alpha value is -1.04. The van der Waals surface area contributed by atoms with Gasteiger partial charge in [-0.15, -0.1) is 0 Å². The highest BCUT2D eigenvalue weighted by Gasteiger charge is 2.24. The molecule has 0 atom stereocenters. The Morgan fingerprint density at radius 2 is 1.81 bits per heavy atom. The van der Waals surface area contributed by atoms with Crippen molar-refractivity contribution in [1.29, 1.82) is 0 Å². The third-order valence-electron chi connectivity index (χ3n) is 1.54. The molecule has 0 saturated carbocycles. The van der Waals surface area contributed by atoms with E-state index in [2.05, 4.69) is 22.9 Å². The van der Waals surface area contributed by atoms with E-state index in [1.54, 1.807) is 0 Å². The van der Waals surface area contributed by atoms with Crippen molar-refractivity contribution in [1.82, 2.24) is 10.6 Å². The van der Waals surface area contributed by atoms with E-state index in [9.17, 15) is 4.79 Å². The van der Waals surface area contributed by atoms with Crippen LogP contribution in [0, 0.1) is 0 Å². The van der Waals surface area contributed by atoms with Crippen LogP contribution < -0.4 is 16.4 Å². The maximum atomic E-state index is 11.5. The predicted octanol–water partition coefficient (Wildman–Crippen LogP) is 1.12. The zero-order chi connectivity index (χ0) is 13.0. The molecule has 0 aliphatic heterocycles. The van der Waals surface area contributed by atoms with Crippen molar-refractivity contribution in [3.63, 3.8) is 0 Å². The third-order valence-corrected chi connectivity index (χ3v) is 1.69. The summed E-state index contributed by atoms with van der Waals surface area (Å²) in [6.07, 6.45) is -0.456. The number of amides is 1. The first-order valence-corrected chi connectivity index (χ1v) is 5.47. The molecule has 0 aliphatic carbocycles. The van der Waals surface area contributed by atoms with Gasteiger partial charge in [0.1, 0.15) is 5.60 Å². The zero-order valence-electron chi connectivity index (χ0n) is 10.5. The molecule has 0 aromatic carbocycles. The second kappa shape index (κ2) is 5.34. The Balaban J connectivity index is 4.15. The van der Waals surface area contributed by atoms with Crippen LogP contribution >= 0.6 is 12.2 Å². The molecule has 0 saturated heterocycles. The van der Waals surface area contributed by atoms with Crippen molar-refractivity contribution in [3.8, 4) is 0 Å². The van der Waals surface area contributed by atoms with Gasteiger partial charge in [0, 0.05) is 6.54 Å². The topological polar surface area (TPSA) is 76.4 Å². The number of hydrogen-bond donors (Lipinski definition) is 3. The molecule has 0 aliphatic rings. The summed E-state index contributed by atoms with van der Waals surface area (Å²) in [4.78, 5) is 11.5. The maximum absolute atomic E-state index is 11.5. The molecule has 0 spiro atoms. The second-order valence-corrected chi connectivity index (χ2v) is 5.67. The van der Waals surface area contributed by atoms with Crippen molar-refractivity contribution in [2.75, 3.05) is 6.54 Å². The van der Waals surface area contributed by atoms with Crippen LogP contribution in [0.15, 0.2) is 0 Å². The smallest absolute Gasteiger partial charge is 0.408 e. The summed E-state index contributed by atoms with van der Waals surface area (Å²) in [7, 11) is 0. The molecule has 0 heterocycles. The Kier molecular flexibility index (Phi) is 4.99. The van der Waals surface area contributed by atoms with Crippen molar-refractivity contribution in [2.45, 2.75) is 45.8 Å². The van der Waals surface area contributed by atoms with Gasteiger partial charge in [0.15, 0.2) is 5.11 Å². The lowest BCUT2D eigenvalue weighted by molar-refractivity contribution is 0.0474. The molecule has 6 heteroatoms. The molecule has 0 aromatic rings. The number of carbonyl (C=O) groups excluding carboxylic acids is 1. The van der Waals surface area contributed by atoms with Gasteiger partial charge >= 0.3 is 6.09 Å². The molecular formula is C10H21N3O2S. The van der Waals surface area contributed by atoms with Crippen molar-refractivity contribution in [3.05, 3.63) is 0 Å². The average molecular weight is 247 g/mol. The van der Waals surface area contributed by atoms with Crippen molar-refractivity contribution in [2.24, 2.45) is 5.73 Å². The van der Waals surface area contributed by atoms with E-state index in [1.165, 1.54) is 0 Å². The van der Waals surface area contributed by atoms with Gasteiger partial charge in [-0.05, 0) is 46.8 Å². The van der Waals surface area contributed by atoms with Crippen molar-refractivity contribution >= 4 is 23.4 Å². The zero-order valence-corrected chi connectivity index (χ0v) is 11.3. The third kappa shape index (κ3) is 8.28. The molecule has 0 rings (SSSR count). The number of rotatable bonds is 3. The quantitative estimate of drug-likeness (QED) is 0.652. The number of ether oxygens (including phenoxy) is 1. The van der Waals surface area contributed by atoms with Crippen LogP contribution in [0.3, 0.4) is 0 Å². The highest BCUT2D eigenvalue weighted by atomic mass is 32.1. The van der Waals surface area contributed by atoms with E-state index in [4.69, 9.17) is 10.5 Å². The first-order valence-electron chi connectivity index (χ1n) is 5.06. The van der Waals surface area contributed by atoms with Gasteiger partial charge in [0.05, 0.1) is 5.54 Å². The lowest BCUT2D eigenvalue weighted by Gasteiger charge is -2.28. The highest BCUT2D eigenvalue weighted by Crippen LogP contribution is 2.08. The second-order valence-electron chi connectivity index (χ2n) is 5.23. The summed E-state index contributed by atoms with van der Waals surface area (Å²) >= 11 is 4.69. The monoisotopic (exact) mass is 247 g/mol. The Morgan fingerprint density at radius 3 is 2.19 bits per heavy atom. The predicted molar refractivity (Wildman–Crippen MR) is 68.2 cm³/mol. The van der Waals surface area contributed by atoms with E-state index < -0.39 is 17.2 Å². The van der Waals surface area contributed by atoms with E-state index in [-0.39, 0.29) is 5.11 Å². The molecule has 0 radical (unpaired) electrons. The number of alkyl carbamates (subject to hydrolysis) is 1. The number of carbonyl (C=O) groups is 1. The lowest BCUT2D eigenvalue weighted by Crippen LogP contribution is -2.53. The first kappa shape index (κ1) is 15.0. The minimum absolute atomic E-state index is 0.207. The Bertz CT molecular complexity index is 272. The van der Waals surface area contributed by atoms with Crippen LogP contribution in [-0.2, 0) is 4.74 Å². The van der Waals surface area contributed by atoms with Gasteiger partial charge in [0.25, 0.3) is 0 Å². The molecule has 16 heavy (non-hydrogen) atoms. The summed E-state index contributed by atoms with van der Waals surface area (Å²) < 4.78 is 5.14. The fourth-order valence-electron chi connectivity index (χ4n) is 0.932. The minimum atomic E-state index is -0.503. The van der Waals surface area contributed by atoms with Crippen LogP contribution in [0.25, 0.3) is 0 Å². The Morgan fingerprint density at radius 1 is 1.31 bits per heavy atom. The van der Waals surface area contributed by atoms with Gasteiger partial charge in [-0.1, -0.05) is 0 Å². The molecule has 5 nitrogen and oxygen atoms in total. The molecule has 0 aromatic heterocycles. The van der Waals surface area contributed by atoms with Crippen molar-refractivity contribution < 1.29 is 9.53 Å². The largest absolute Gasteiger partial charge is 0.444 e. The standard InChI is InChI=1S/C10H21N3O2S/c1-9(2,3)15-8(14)13-10(4,5)6-12-7(11)16/h6H2,1-5H3,(H,13,14)(H3,11,12,16). The highest BCUT2D eigenvalue weighted by molar-refractivity contribution is 7.80. The van der Waals surface area contributed by atoms with Crippen LogP contribution in [0.1, 0.15) is 34.6 Å². The molecular weight excluding hydrogens is 226 g/mol. The van der Waals surface area contributed by atoms with Gasteiger partial charge in [0.2, 0.25) is 0 Å². The van der Waals surface area contributed by atoms with Crippen LogP contribution in [-0.4, -0.2) is 28.9 Å². The SMILES string of the molecule is CC(C)(CNC(N)=S)NC(=O)OC(C)(C)C. The minimum Gasteiger partial charge on any atom is -0.444 e. The summed E-state index contributed by atoms with van der Waals surface area (Å²) in [5.74, 6) is 0. The molecule has 0 fully saturated rings. The summed E-state index contributed by atoms with van der Waals surface area (Å²) in [5, 5.41) is 5.73. The summed E-state index contributed by atoms with van der Waals surface area (Å²) in [6.45, 7) is 9.58. The average Bonchev–Trinajstić information content (AvgIpc) is 1.95. The molecule has 1 amide bonds. The van der Waals surface area contributed by atoms with Gasteiger partial charge < -0.3 is 21.1 Å². The van der Waals surface area contributed by atoms with Gasteiger partial charge in [-0.2, -0.15) is 0 Å². The van der Waals surface area contributed by atoms with Gasteiger partial charge in [-0.3, -0.25) is 0 Å². The normalized spacial score (nSPS) is 11.8. The fraction of sp³-hybridized carbons (Fsp3) is 0.800. The summed E-state index contributed by atoms with van der Waals surface area (Å²) in [6, 6.07) is 0. The fourth-order valence-corrected chi connectivity index (χ4v) is 1.00.